The standard InChI is InChI=1S/C22H29N3O4S/c26-20(14-23-8-10-30-11-9-23)25-15-21(27)24(13-16-4-2-1-3-5-16)18-7-6-17(22(28)29)12-19(18)25/h6-7,12,16H,1-5,8-11,13-15H2,(H,28,29). The molecule has 1 saturated heterocycles. The average Bonchev–Trinajstić information content (AvgIpc) is 2.76. The number of benzene rings is 1. The van der Waals surface area contributed by atoms with Gasteiger partial charge in [-0.1, -0.05) is 19.3 Å². The number of amides is 2. The number of hydrogen-bond acceptors (Lipinski definition) is 5. The number of fused-ring (bicyclic) bond motifs is 1. The van der Waals surface area contributed by atoms with Crippen molar-refractivity contribution in [2.24, 2.45) is 5.92 Å². The molecule has 2 amide bonds. The largest absolute Gasteiger partial charge is 0.478 e. The molecule has 7 nitrogen and oxygen atoms in total. The summed E-state index contributed by atoms with van der Waals surface area (Å²) in [5.74, 6) is 1.20. The highest BCUT2D eigenvalue weighted by molar-refractivity contribution is 7.99. The molecule has 0 spiro atoms. The van der Waals surface area contributed by atoms with Crippen LogP contribution in [0.3, 0.4) is 0 Å². The first-order valence-corrected chi connectivity index (χ1v) is 12.0. The number of carbonyl (C=O) groups excluding carboxylic acids is 2. The lowest BCUT2D eigenvalue weighted by atomic mass is 9.88. The number of rotatable bonds is 5. The van der Waals surface area contributed by atoms with Gasteiger partial charge < -0.3 is 10.0 Å². The first-order chi connectivity index (χ1) is 14.5. The second-order valence-corrected chi connectivity index (χ2v) is 9.61. The molecule has 2 fully saturated rings. The normalized spacial score (nSPS) is 20.9. The zero-order valence-electron chi connectivity index (χ0n) is 17.2. The van der Waals surface area contributed by atoms with Crippen LogP contribution in [-0.2, 0) is 9.59 Å². The maximum atomic E-state index is 13.1. The summed E-state index contributed by atoms with van der Waals surface area (Å²) in [4.78, 5) is 43.1. The highest BCUT2D eigenvalue weighted by Gasteiger charge is 2.35. The van der Waals surface area contributed by atoms with Crippen LogP contribution in [0.5, 0.6) is 0 Å². The lowest BCUT2D eigenvalue weighted by molar-refractivity contribution is -0.123. The maximum Gasteiger partial charge on any atom is 0.335 e. The summed E-state index contributed by atoms with van der Waals surface area (Å²) in [6, 6.07) is 4.76. The zero-order valence-corrected chi connectivity index (χ0v) is 18.0. The van der Waals surface area contributed by atoms with E-state index in [4.69, 9.17) is 0 Å². The van der Waals surface area contributed by atoms with Gasteiger partial charge in [0.15, 0.2) is 0 Å². The van der Waals surface area contributed by atoms with Crippen molar-refractivity contribution in [1.29, 1.82) is 0 Å². The molecule has 1 aromatic rings. The molecule has 8 heteroatoms. The molecule has 1 saturated carbocycles. The van der Waals surface area contributed by atoms with E-state index in [9.17, 15) is 19.5 Å². The Labute approximate surface area is 181 Å². The molecule has 1 N–H and O–H groups in total. The van der Waals surface area contributed by atoms with Gasteiger partial charge in [0, 0.05) is 31.1 Å². The van der Waals surface area contributed by atoms with Gasteiger partial charge in [0.05, 0.1) is 23.5 Å². The van der Waals surface area contributed by atoms with Gasteiger partial charge in [-0.05, 0) is 37.0 Å². The van der Waals surface area contributed by atoms with Gasteiger partial charge in [0.2, 0.25) is 11.8 Å². The maximum absolute atomic E-state index is 13.1. The minimum atomic E-state index is -1.03. The first kappa shape index (κ1) is 21.2. The van der Waals surface area contributed by atoms with E-state index in [1.54, 1.807) is 17.0 Å². The Hall–Kier alpha value is -2.06. The number of carbonyl (C=O) groups is 3. The molecule has 30 heavy (non-hydrogen) atoms. The Morgan fingerprint density at radius 3 is 2.50 bits per heavy atom. The lowest BCUT2D eigenvalue weighted by Gasteiger charge is -2.39. The summed E-state index contributed by atoms with van der Waals surface area (Å²) >= 11 is 1.88. The van der Waals surface area contributed by atoms with Crippen molar-refractivity contribution in [3.63, 3.8) is 0 Å². The Morgan fingerprint density at radius 1 is 1.07 bits per heavy atom. The van der Waals surface area contributed by atoms with Crippen LogP contribution in [0.2, 0.25) is 0 Å². The summed E-state index contributed by atoms with van der Waals surface area (Å²) in [5.41, 5.74) is 1.33. The topological polar surface area (TPSA) is 81.2 Å². The fourth-order valence-corrected chi connectivity index (χ4v) is 5.61. The molecule has 0 radical (unpaired) electrons. The predicted octanol–water partition coefficient (Wildman–Crippen LogP) is 2.69. The molecule has 4 rings (SSSR count). The Morgan fingerprint density at radius 2 is 1.80 bits per heavy atom. The molecule has 0 unspecified atom stereocenters. The SMILES string of the molecule is O=C(O)c1ccc2c(c1)N(C(=O)CN1CCSCC1)CC(=O)N2CC1CCCCC1. The van der Waals surface area contributed by atoms with Crippen LogP contribution in [0.15, 0.2) is 18.2 Å². The highest BCUT2D eigenvalue weighted by atomic mass is 32.2. The minimum Gasteiger partial charge on any atom is -0.478 e. The fraction of sp³-hybridized carbons (Fsp3) is 0.591. The molecule has 1 aromatic carbocycles. The molecule has 3 aliphatic rings. The van der Waals surface area contributed by atoms with E-state index in [-0.39, 0.29) is 30.5 Å². The molecule has 2 aliphatic heterocycles. The molecule has 162 valence electrons. The number of carboxylic acids is 1. The number of nitrogens with zero attached hydrogens (tertiary/aromatic N) is 3. The monoisotopic (exact) mass is 431 g/mol. The van der Waals surface area contributed by atoms with Crippen LogP contribution < -0.4 is 9.80 Å². The minimum absolute atomic E-state index is 0.0236. The van der Waals surface area contributed by atoms with E-state index in [0.717, 1.165) is 37.4 Å². The van der Waals surface area contributed by atoms with Crippen LogP contribution in [0.25, 0.3) is 0 Å². The summed E-state index contributed by atoms with van der Waals surface area (Å²) in [6.07, 6.45) is 5.86. The van der Waals surface area contributed by atoms with Gasteiger partial charge in [0.25, 0.3) is 0 Å². The van der Waals surface area contributed by atoms with Gasteiger partial charge in [-0.25, -0.2) is 4.79 Å². The number of hydrogen-bond donors (Lipinski definition) is 1. The van der Waals surface area contributed by atoms with Crippen molar-refractivity contribution < 1.29 is 19.5 Å². The van der Waals surface area contributed by atoms with Crippen molar-refractivity contribution in [1.82, 2.24) is 4.90 Å². The van der Waals surface area contributed by atoms with Crippen LogP contribution in [0, 0.1) is 5.92 Å². The number of thioether (sulfide) groups is 1. The van der Waals surface area contributed by atoms with E-state index in [0.29, 0.717) is 23.8 Å². The average molecular weight is 432 g/mol. The molecular weight excluding hydrogens is 402 g/mol. The number of anilines is 2. The van der Waals surface area contributed by atoms with Crippen LogP contribution in [-0.4, -0.2) is 72.0 Å². The third-order valence-electron chi connectivity index (χ3n) is 6.33. The van der Waals surface area contributed by atoms with Crippen molar-refractivity contribution >= 4 is 40.9 Å². The van der Waals surface area contributed by atoms with E-state index < -0.39 is 5.97 Å². The summed E-state index contributed by atoms with van der Waals surface area (Å²) in [6.45, 7) is 2.59. The van der Waals surface area contributed by atoms with Gasteiger partial charge in [-0.15, -0.1) is 0 Å². The molecule has 1 aliphatic carbocycles. The fourth-order valence-electron chi connectivity index (χ4n) is 4.63. The van der Waals surface area contributed by atoms with Crippen LogP contribution in [0.4, 0.5) is 11.4 Å². The van der Waals surface area contributed by atoms with Gasteiger partial charge >= 0.3 is 5.97 Å². The predicted molar refractivity (Wildman–Crippen MR) is 118 cm³/mol. The quantitative estimate of drug-likeness (QED) is 0.772. The van der Waals surface area contributed by atoms with E-state index >= 15 is 0 Å². The molecule has 0 bridgehead atoms. The second kappa shape index (κ2) is 9.39. The molecule has 2 heterocycles. The molecule has 0 aromatic heterocycles. The van der Waals surface area contributed by atoms with Gasteiger partial charge in [-0.3, -0.25) is 19.4 Å². The zero-order chi connectivity index (χ0) is 21.1. The Kier molecular flexibility index (Phi) is 6.63. The lowest BCUT2D eigenvalue weighted by Crippen LogP contribution is -2.52. The number of carboxylic acid groups (broad SMARTS) is 1. The van der Waals surface area contributed by atoms with Crippen molar-refractivity contribution in [2.45, 2.75) is 32.1 Å². The Balaban J connectivity index is 1.60. The van der Waals surface area contributed by atoms with Crippen molar-refractivity contribution in [3.8, 4) is 0 Å². The second-order valence-electron chi connectivity index (χ2n) is 8.39. The third kappa shape index (κ3) is 4.64. The van der Waals surface area contributed by atoms with E-state index in [1.807, 2.05) is 11.8 Å². The van der Waals surface area contributed by atoms with Crippen LogP contribution >= 0.6 is 11.8 Å². The summed E-state index contributed by atoms with van der Waals surface area (Å²) < 4.78 is 0. The Bertz CT molecular complexity index is 819. The molecule has 0 atom stereocenters. The smallest absolute Gasteiger partial charge is 0.335 e. The summed E-state index contributed by atoms with van der Waals surface area (Å²) in [7, 11) is 0. The van der Waals surface area contributed by atoms with Crippen LogP contribution in [0.1, 0.15) is 42.5 Å². The first-order valence-electron chi connectivity index (χ1n) is 10.8. The van der Waals surface area contributed by atoms with E-state index in [2.05, 4.69) is 4.90 Å². The van der Waals surface area contributed by atoms with Crippen molar-refractivity contribution in [3.05, 3.63) is 23.8 Å². The van der Waals surface area contributed by atoms with E-state index in [1.165, 1.54) is 30.2 Å². The highest BCUT2D eigenvalue weighted by Crippen LogP contribution is 2.37. The number of aromatic carboxylic acids is 1. The summed E-state index contributed by atoms with van der Waals surface area (Å²) in [5, 5.41) is 9.46. The molecular formula is C22H29N3O4S. The van der Waals surface area contributed by atoms with Crippen molar-refractivity contribution in [2.75, 3.05) is 54.0 Å². The third-order valence-corrected chi connectivity index (χ3v) is 7.27. The van der Waals surface area contributed by atoms with Gasteiger partial charge in [-0.2, -0.15) is 11.8 Å². The van der Waals surface area contributed by atoms with Gasteiger partial charge in [0.1, 0.15) is 6.54 Å².